The Hall–Kier alpha value is -2.67. The van der Waals surface area contributed by atoms with Gasteiger partial charge in [-0.1, -0.05) is 48.5 Å². The van der Waals surface area contributed by atoms with Crippen molar-refractivity contribution in [1.82, 2.24) is 20.1 Å². The molecule has 1 N–H and O–H groups in total. The van der Waals surface area contributed by atoms with Crippen molar-refractivity contribution in [3.63, 3.8) is 0 Å². The first-order valence-electron chi connectivity index (χ1n) is 9.67. The van der Waals surface area contributed by atoms with Gasteiger partial charge in [0.25, 0.3) is 0 Å². The molecule has 1 amide bonds. The van der Waals surface area contributed by atoms with Gasteiger partial charge in [-0.3, -0.25) is 9.36 Å². The fraction of sp³-hybridized carbons (Fsp3) is 0.318. The molecule has 0 saturated carbocycles. The standard InChI is InChI=1S/C22H25FN4OS/c1-4-5-20(28)24-16(3)21-25-26-22(27(21)19-12-6-15(2)7-13-19)29-14-17-8-10-18(23)11-9-17/h6-13,16H,4-5,14H2,1-3H3,(H,24,28). The zero-order valence-electron chi connectivity index (χ0n) is 16.9. The van der Waals surface area contributed by atoms with Gasteiger partial charge in [-0.25, -0.2) is 4.39 Å². The molecule has 3 rings (SSSR count). The van der Waals surface area contributed by atoms with Crippen LogP contribution in [-0.4, -0.2) is 20.7 Å². The molecule has 0 saturated heterocycles. The lowest BCUT2D eigenvalue weighted by atomic mass is 10.2. The molecule has 0 aliphatic heterocycles. The number of carbonyl (C=O) groups excluding carboxylic acids is 1. The summed E-state index contributed by atoms with van der Waals surface area (Å²) in [6, 6.07) is 14.3. The van der Waals surface area contributed by atoms with Crippen LogP contribution in [0.15, 0.2) is 53.7 Å². The fourth-order valence-electron chi connectivity index (χ4n) is 2.93. The molecule has 0 aliphatic carbocycles. The first-order chi connectivity index (χ1) is 14.0. The SMILES string of the molecule is CCCC(=O)NC(C)c1nnc(SCc2ccc(F)cc2)n1-c1ccc(C)cc1. The summed E-state index contributed by atoms with van der Waals surface area (Å²) < 4.78 is 15.1. The highest BCUT2D eigenvalue weighted by Gasteiger charge is 2.21. The average molecular weight is 413 g/mol. The number of hydrogen-bond donors (Lipinski definition) is 1. The normalized spacial score (nSPS) is 12.0. The van der Waals surface area contributed by atoms with Crippen molar-refractivity contribution in [2.75, 3.05) is 0 Å². The number of aryl methyl sites for hydroxylation is 1. The fourth-order valence-corrected chi connectivity index (χ4v) is 3.84. The summed E-state index contributed by atoms with van der Waals surface area (Å²) in [5.74, 6) is 1.07. The lowest BCUT2D eigenvalue weighted by Crippen LogP contribution is -2.28. The average Bonchev–Trinajstić information content (AvgIpc) is 3.12. The van der Waals surface area contributed by atoms with E-state index in [1.54, 1.807) is 12.1 Å². The Morgan fingerprint density at radius 1 is 1.14 bits per heavy atom. The summed E-state index contributed by atoms with van der Waals surface area (Å²) in [5.41, 5.74) is 3.10. The number of thioether (sulfide) groups is 1. The Labute approximate surface area is 174 Å². The molecule has 29 heavy (non-hydrogen) atoms. The van der Waals surface area contributed by atoms with E-state index in [2.05, 4.69) is 15.5 Å². The smallest absolute Gasteiger partial charge is 0.220 e. The van der Waals surface area contributed by atoms with E-state index < -0.39 is 0 Å². The van der Waals surface area contributed by atoms with Crippen molar-refractivity contribution in [1.29, 1.82) is 0 Å². The van der Waals surface area contributed by atoms with Crippen LogP contribution in [-0.2, 0) is 10.5 Å². The van der Waals surface area contributed by atoms with Crippen molar-refractivity contribution in [2.24, 2.45) is 0 Å². The van der Waals surface area contributed by atoms with E-state index in [1.807, 2.05) is 49.6 Å². The number of carbonyl (C=O) groups is 1. The molecule has 1 heterocycles. The van der Waals surface area contributed by atoms with E-state index in [9.17, 15) is 9.18 Å². The third-order valence-electron chi connectivity index (χ3n) is 4.47. The van der Waals surface area contributed by atoms with E-state index in [0.29, 0.717) is 18.0 Å². The zero-order chi connectivity index (χ0) is 20.8. The van der Waals surface area contributed by atoms with Crippen LogP contribution in [0.3, 0.4) is 0 Å². The molecule has 0 spiro atoms. The number of hydrogen-bond acceptors (Lipinski definition) is 4. The molecule has 1 unspecified atom stereocenters. The maximum atomic E-state index is 13.2. The highest BCUT2D eigenvalue weighted by molar-refractivity contribution is 7.98. The quantitative estimate of drug-likeness (QED) is 0.530. The minimum Gasteiger partial charge on any atom is -0.346 e. The number of nitrogens with one attached hydrogen (secondary N) is 1. The summed E-state index contributed by atoms with van der Waals surface area (Å²) in [5, 5.41) is 12.5. The molecule has 1 aromatic heterocycles. The third kappa shape index (κ3) is 5.44. The van der Waals surface area contributed by atoms with Crippen LogP contribution in [0, 0.1) is 12.7 Å². The van der Waals surface area contributed by atoms with Gasteiger partial charge in [0, 0.05) is 17.9 Å². The van der Waals surface area contributed by atoms with Crippen molar-refractivity contribution < 1.29 is 9.18 Å². The predicted octanol–water partition coefficient (Wildman–Crippen LogP) is 4.98. The summed E-state index contributed by atoms with van der Waals surface area (Å²) in [6.07, 6.45) is 1.27. The van der Waals surface area contributed by atoms with Gasteiger partial charge < -0.3 is 5.32 Å². The lowest BCUT2D eigenvalue weighted by molar-refractivity contribution is -0.121. The minimum absolute atomic E-state index is 0.000952. The van der Waals surface area contributed by atoms with Gasteiger partial charge in [0.2, 0.25) is 5.91 Å². The second-order valence-corrected chi connectivity index (χ2v) is 7.91. The van der Waals surface area contributed by atoms with Crippen LogP contribution < -0.4 is 5.32 Å². The Balaban J connectivity index is 1.89. The van der Waals surface area contributed by atoms with E-state index in [1.165, 1.54) is 23.9 Å². The van der Waals surface area contributed by atoms with Crippen LogP contribution in [0.25, 0.3) is 5.69 Å². The van der Waals surface area contributed by atoms with E-state index in [0.717, 1.165) is 28.4 Å². The molecule has 2 aromatic carbocycles. The minimum atomic E-state index is -0.275. The van der Waals surface area contributed by atoms with Gasteiger partial charge in [0.1, 0.15) is 5.82 Å². The van der Waals surface area contributed by atoms with Crippen molar-refractivity contribution in [3.8, 4) is 5.69 Å². The highest BCUT2D eigenvalue weighted by atomic mass is 32.2. The second-order valence-electron chi connectivity index (χ2n) is 6.97. The third-order valence-corrected chi connectivity index (χ3v) is 5.47. The molecule has 3 aromatic rings. The van der Waals surface area contributed by atoms with Crippen LogP contribution in [0.2, 0.25) is 0 Å². The predicted molar refractivity (Wildman–Crippen MR) is 114 cm³/mol. The Bertz CT molecular complexity index is 954. The maximum absolute atomic E-state index is 13.2. The molecule has 7 heteroatoms. The van der Waals surface area contributed by atoms with Crippen LogP contribution >= 0.6 is 11.8 Å². The van der Waals surface area contributed by atoms with Gasteiger partial charge >= 0.3 is 0 Å². The lowest BCUT2D eigenvalue weighted by Gasteiger charge is -2.16. The largest absolute Gasteiger partial charge is 0.346 e. The Morgan fingerprint density at radius 3 is 2.48 bits per heavy atom. The van der Waals surface area contributed by atoms with Gasteiger partial charge in [0.05, 0.1) is 6.04 Å². The van der Waals surface area contributed by atoms with Crippen LogP contribution in [0.4, 0.5) is 4.39 Å². The number of amides is 1. The molecular formula is C22H25FN4OS. The summed E-state index contributed by atoms with van der Waals surface area (Å²) in [6.45, 7) is 5.93. The molecular weight excluding hydrogens is 387 g/mol. The number of aromatic nitrogens is 3. The molecule has 0 aliphatic rings. The highest BCUT2D eigenvalue weighted by Crippen LogP contribution is 2.28. The van der Waals surface area contributed by atoms with Crippen molar-refractivity contribution >= 4 is 17.7 Å². The Kier molecular flexibility index (Phi) is 7.04. The van der Waals surface area contributed by atoms with Crippen LogP contribution in [0.1, 0.15) is 49.7 Å². The summed E-state index contributed by atoms with van der Waals surface area (Å²) in [7, 11) is 0. The van der Waals surface area contributed by atoms with E-state index >= 15 is 0 Å². The zero-order valence-corrected chi connectivity index (χ0v) is 17.7. The molecule has 0 bridgehead atoms. The van der Waals surface area contributed by atoms with E-state index in [4.69, 9.17) is 0 Å². The number of benzene rings is 2. The monoisotopic (exact) mass is 412 g/mol. The maximum Gasteiger partial charge on any atom is 0.220 e. The molecule has 5 nitrogen and oxygen atoms in total. The summed E-state index contributed by atoms with van der Waals surface area (Å²) >= 11 is 1.53. The van der Waals surface area contributed by atoms with Gasteiger partial charge in [0.15, 0.2) is 11.0 Å². The van der Waals surface area contributed by atoms with Crippen molar-refractivity contribution in [3.05, 3.63) is 71.3 Å². The molecule has 0 radical (unpaired) electrons. The number of nitrogens with zero attached hydrogens (tertiary/aromatic N) is 3. The van der Waals surface area contributed by atoms with Crippen molar-refractivity contribution in [2.45, 2.75) is 50.6 Å². The molecule has 0 fully saturated rings. The molecule has 152 valence electrons. The van der Waals surface area contributed by atoms with E-state index in [-0.39, 0.29) is 17.8 Å². The number of halogens is 1. The topological polar surface area (TPSA) is 59.8 Å². The van der Waals surface area contributed by atoms with Gasteiger partial charge in [-0.05, 0) is 50.1 Å². The Morgan fingerprint density at radius 2 is 1.83 bits per heavy atom. The number of rotatable bonds is 8. The van der Waals surface area contributed by atoms with Gasteiger partial charge in [-0.2, -0.15) is 0 Å². The van der Waals surface area contributed by atoms with Crippen LogP contribution in [0.5, 0.6) is 0 Å². The molecule has 1 atom stereocenters. The summed E-state index contributed by atoms with van der Waals surface area (Å²) in [4.78, 5) is 12.1. The second kappa shape index (κ2) is 9.69. The first kappa shape index (κ1) is 21.0. The first-order valence-corrected chi connectivity index (χ1v) is 10.7. The van der Waals surface area contributed by atoms with Gasteiger partial charge in [-0.15, -0.1) is 10.2 Å².